The molecule has 10 nitrogen and oxygen atoms in total. The summed E-state index contributed by atoms with van der Waals surface area (Å²) in [6, 6.07) is 13.0. The molecule has 2 unspecified atom stereocenters. The molecule has 3 aliphatic rings. The molecule has 0 bridgehead atoms. The first-order valence-electron chi connectivity index (χ1n) is 13.2. The Morgan fingerprint density at radius 1 is 1.13 bits per heavy atom. The van der Waals surface area contributed by atoms with Gasteiger partial charge in [0, 0.05) is 49.1 Å². The largest absolute Gasteiger partial charge is 0.385 e. The van der Waals surface area contributed by atoms with Crippen molar-refractivity contribution in [2.45, 2.75) is 57.8 Å². The number of likely N-dealkylation sites (tertiary alicyclic amines) is 1. The van der Waals surface area contributed by atoms with Gasteiger partial charge in [0.2, 0.25) is 24.0 Å². The fraction of sp³-hybridized carbons (Fsp3) is 0.414. The first-order chi connectivity index (χ1) is 18.6. The number of carbonyl (C=O) groups is 3. The number of aliphatic hydroxyl groups is 1. The molecule has 3 aromatic rings. The minimum atomic E-state index is -1.08. The van der Waals surface area contributed by atoms with Crippen molar-refractivity contribution in [3.63, 3.8) is 0 Å². The molecule has 0 saturated carbocycles. The summed E-state index contributed by atoms with van der Waals surface area (Å²) in [7, 11) is 0. The van der Waals surface area contributed by atoms with Gasteiger partial charge in [-0.15, -0.1) is 0 Å². The first kappa shape index (κ1) is 25.4. The highest BCUT2D eigenvalue weighted by Gasteiger charge is 2.49. The van der Waals surface area contributed by atoms with E-state index in [0.717, 1.165) is 28.8 Å². The van der Waals surface area contributed by atoms with Gasteiger partial charge in [-0.1, -0.05) is 55.4 Å². The van der Waals surface area contributed by atoms with Crippen molar-refractivity contribution in [3.8, 4) is 11.4 Å². The van der Waals surface area contributed by atoms with E-state index >= 15 is 0 Å². The van der Waals surface area contributed by atoms with E-state index in [0.29, 0.717) is 37.3 Å². The molecule has 0 aliphatic carbocycles. The summed E-state index contributed by atoms with van der Waals surface area (Å²) in [5.74, 6) is -0.386. The van der Waals surface area contributed by atoms with Gasteiger partial charge < -0.3 is 14.5 Å². The lowest BCUT2D eigenvalue weighted by molar-refractivity contribution is -0.136. The minimum absolute atomic E-state index is 0.211. The van der Waals surface area contributed by atoms with Crippen LogP contribution in [0, 0.1) is 5.41 Å². The van der Waals surface area contributed by atoms with E-state index in [-0.39, 0.29) is 24.8 Å². The molecule has 2 N–H and O–H groups in total. The number of hydrogen-bond donors (Lipinski definition) is 2. The Labute approximate surface area is 226 Å². The molecule has 4 heterocycles. The van der Waals surface area contributed by atoms with Gasteiger partial charge in [0.05, 0.1) is 5.60 Å². The average molecular weight is 530 g/mol. The minimum Gasteiger partial charge on any atom is -0.385 e. The molecule has 202 valence electrons. The molecule has 39 heavy (non-hydrogen) atoms. The Morgan fingerprint density at radius 3 is 2.62 bits per heavy atom. The average Bonchev–Trinajstić information content (AvgIpc) is 3.55. The zero-order chi connectivity index (χ0) is 27.4. The van der Waals surface area contributed by atoms with E-state index in [1.807, 2.05) is 24.3 Å². The van der Waals surface area contributed by atoms with Crippen molar-refractivity contribution >= 4 is 17.7 Å². The number of nitrogens with one attached hydrogen (secondary N) is 1. The maximum atomic E-state index is 13.1. The lowest BCUT2D eigenvalue weighted by Crippen LogP contribution is -2.55. The zero-order valence-electron chi connectivity index (χ0n) is 22.0. The van der Waals surface area contributed by atoms with Crippen LogP contribution in [-0.4, -0.2) is 61.9 Å². The van der Waals surface area contributed by atoms with E-state index in [2.05, 4.69) is 46.3 Å². The normalized spacial score (nSPS) is 25.1. The number of piperidine rings is 2. The molecule has 2 saturated heterocycles. The van der Waals surface area contributed by atoms with E-state index in [1.54, 1.807) is 6.07 Å². The van der Waals surface area contributed by atoms with Crippen LogP contribution < -0.4 is 5.32 Å². The third kappa shape index (κ3) is 4.43. The number of aromatic nitrogens is 2. The summed E-state index contributed by atoms with van der Waals surface area (Å²) in [5.41, 5.74) is 2.65. The molecular formula is C29H31N5O5. The third-order valence-electron chi connectivity index (χ3n) is 8.51. The van der Waals surface area contributed by atoms with Crippen molar-refractivity contribution in [2.24, 2.45) is 5.41 Å². The number of imide groups is 1. The number of hydrogen-bond acceptors (Lipinski definition) is 8. The van der Waals surface area contributed by atoms with Crippen LogP contribution in [0.3, 0.4) is 0 Å². The third-order valence-corrected chi connectivity index (χ3v) is 8.51. The lowest BCUT2D eigenvalue weighted by atomic mass is 9.66. The second kappa shape index (κ2) is 9.39. The van der Waals surface area contributed by atoms with Crippen molar-refractivity contribution in [1.29, 1.82) is 0 Å². The van der Waals surface area contributed by atoms with Gasteiger partial charge in [-0.05, 0) is 35.6 Å². The van der Waals surface area contributed by atoms with Gasteiger partial charge in [0.15, 0.2) is 0 Å². The van der Waals surface area contributed by atoms with Crippen LogP contribution in [-0.2, 0) is 28.3 Å². The highest BCUT2D eigenvalue weighted by molar-refractivity contribution is 6.05. The van der Waals surface area contributed by atoms with Crippen LogP contribution >= 0.6 is 0 Å². The predicted molar refractivity (Wildman–Crippen MR) is 140 cm³/mol. The van der Waals surface area contributed by atoms with Crippen molar-refractivity contribution in [2.75, 3.05) is 13.1 Å². The molecule has 0 radical (unpaired) electrons. The molecule has 2 fully saturated rings. The number of carbonyl (C=O) groups excluding carboxylic acids is 3. The highest BCUT2D eigenvalue weighted by atomic mass is 16.5. The van der Waals surface area contributed by atoms with Crippen LogP contribution in [0.4, 0.5) is 0 Å². The topological polar surface area (TPSA) is 129 Å². The number of rotatable bonds is 5. The SMILES string of the molecule is CC1(C)CN(Cc2ccc(-c3ncon3)cc2)CCC1(O)c1ccc2c(c1)CN(C1CCC(=O)NC1=O)C2=O. The monoisotopic (exact) mass is 529 g/mol. The predicted octanol–water partition coefficient (Wildman–Crippen LogP) is 2.62. The quantitative estimate of drug-likeness (QED) is 0.483. The summed E-state index contributed by atoms with van der Waals surface area (Å²) in [6.45, 7) is 6.60. The van der Waals surface area contributed by atoms with Crippen molar-refractivity contribution in [1.82, 2.24) is 25.3 Å². The van der Waals surface area contributed by atoms with E-state index in [9.17, 15) is 19.5 Å². The molecule has 2 aromatic carbocycles. The number of benzene rings is 2. The molecule has 10 heteroatoms. The van der Waals surface area contributed by atoms with Crippen LogP contribution in [0.5, 0.6) is 0 Å². The summed E-state index contributed by atoms with van der Waals surface area (Å²) >= 11 is 0. The number of nitrogens with zero attached hydrogens (tertiary/aromatic N) is 4. The van der Waals surface area contributed by atoms with E-state index in [4.69, 9.17) is 4.52 Å². The van der Waals surface area contributed by atoms with E-state index in [1.165, 1.54) is 11.3 Å². The smallest absolute Gasteiger partial charge is 0.255 e. The van der Waals surface area contributed by atoms with Crippen LogP contribution in [0.1, 0.15) is 60.2 Å². The molecule has 2 atom stereocenters. The van der Waals surface area contributed by atoms with Gasteiger partial charge >= 0.3 is 0 Å². The van der Waals surface area contributed by atoms with Gasteiger partial charge in [-0.25, -0.2) is 0 Å². The number of amides is 3. The summed E-state index contributed by atoms with van der Waals surface area (Å²) in [6.07, 6.45) is 2.40. The lowest BCUT2D eigenvalue weighted by Gasteiger charge is -2.50. The number of fused-ring (bicyclic) bond motifs is 1. The van der Waals surface area contributed by atoms with Crippen LogP contribution in [0.25, 0.3) is 11.4 Å². The first-order valence-corrected chi connectivity index (χ1v) is 13.2. The van der Waals surface area contributed by atoms with Gasteiger partial charge in [0.25, 0.3) is 5.91 Å². The molecular weight excluding hydrogens is 498 g/mol. The summed E-state index contributed by atoms with van der Waals surface area (Å²) < 4.78 is 4.83. The fourth-order valence-corrected chi connectivity index (χ4v) is 6.24. The second-order valence-corrected chi connectivity index (χ2v) is 11.4. The second-order valence-electron chi connectivity index (χ2n) is 11.4. The molecule has 0 spiro atoms. The zero-order valence-corrected chi connectivity index (χ0v) is 22.0. The Kier molecular flexibility index (Phi) is 6.11. The van der Waals surface area contributed by atoms with Crippen molar-refractivity contribution < 1.29 is 24.0 Å². The molecule has 3 aliphatic heterocycles. The highest BCUT2D eigenvalue weighted by Crippen LogP contribution is 2.47. The van der Waals surface area contributed by atoms with Gasteiger partial charge in [-0.2, -0.15) is 4.98 Å². The van der Waals surface area contributed by atoms with Crippen LogP contribution in [0.15, 0.2) is 53.4 Å². The standard InChI is InChI=1S/C29H31N5O5/c1-28(2)16-33(14-18-3-5-19(6-4-18)25-30-17-39-32-25)12-11-29(28,38)21-7-8-22-20(13-21)15-34(27(22)37)23-9-10-24(35)31-26(23)36/h3-8,13,17,23,38H,9-12,14-16H2,1-2H3,(H,31,35,36). The van der Waals surface area contributed by atoms with Crippen LogP contribution in [0.2, 0.25) is 0 Å². The Hall–Kier alpha value is -3.89. The molecule has 6 rings (SSSR count). The fourth-order valence-electron chi connectivity index (χ4n) is 6.24. The maximum absolute atomic E-state index is 13.1. The Bertz CT molecular complexity index is 1430. The van der Waals surface area contributed by atoms with Crippen molar-refractivity contribution in [3.05, 3.63) is 71.1 Å². The molecule has 1 aromatic heterocycles. The van der Waals surface area contributed by atoms with Gasteiger partial charge in [0.1, 0.15) is 6.04 Å². The summed E-state index contributed by atoms with van der Waals surface area (Å²) in [4.78, 5) is 45.0. The van der Waals surface area contributed by atoms with E-state index < -0.39 is 23.0 Å². The Morgan fingerprint density at radius 2 is 1.92 bits per heavy atom. The Balaban J connectivity index is 1.16. The molecule has 3 amide bonds. The maximum Gasteiger partial charge on any atom is 0.255 e. The van der Waals surface area contributed by atoms with Gasteiger partial charge in [-0.3, -0.25) is 24.6 Å². The summed E-state index contributed by atoms with van der Waals surface area (Å²) in [5, 5.41) is 18.2.